The van der Waals surface area contributed by atoms with Crippen LogP contribution in [0.3, 0.4) is 0 Å². The molecule has 0 aliphatic heterocycles. The molecule has 0 fully saturated rings. The molecule has 3 N–H and O–H groups in total. The van der Waals surface area contributed by atoms with Gasteiger partial charge in [0.25, 0.3) is 0 Å². The molecule has 0 radical (unpaired) electrons. The Morgan fingerprint density at radius 1 is 1.62 bits per heavy atom. The summed E-state index contributed by atoms with van der Waals surface area (Å²) in [7, 11) is 0. The Labute approximate surface area is 82.4 Å². The van der Waals surface area contributed by atoms with Crippen LogP contribution in [0.1, 0.15) is 11.1 Å². The number of hydrogen-bond donors (Lipinski definition) is 2. The molecule has 0 amide bonds. The Kier molecular flexibility index (Phi) is 4.21. The normalized spacial score (nSPS) is 10.4. The van der Waals surface area contributed by atoms with E-state index in [1.165, 1.54) is 0 Å². The first-order chi connectivity index (χ1) is 6.27. The lowest BCUT2D eigenvalue weighted by atomic mass is 10.2. The standard InChI is InChI=1S/C9H14N2OS/c1-7-4-8(5-10)6-11-9(7)13-3-2-12/h4,6,12H,2-3,5,10H2,1H3. The van der Waals surface area contributed by atoms with Gasteiger partial charge in [-0.05, 0) is 18.1 Å². The minimum Gasteiger partial charge on any atom is -0.396 e. The van der Waals surface area contributed by atoms with Gasteiger partial charge in [0, 0.05) is 18.5 Å². The molecule has 3 nitrogen and oxygen atoms in total. The number of aromatic nitrogens is 1. The van der Waals surface area contributed by atoms with Gasteiger partial charge in [0.1, 0.15) is 0 Å². The molecule has 1 aromatic heterocycles. The lowest BCUT2D eigenvalue weighted by Crippen LogP contribution is -1.99. The number of nitrogens with two attached hydrogens (primary N) is 1. The number of nitrogens with zero attached hydrogens (tertiary/aromatic N) is 1. The zero-order valence-electron chi connectivity index (χ0n) is 7.66. The van der Waals surface area contributed by atoms with E-state index in [1.54, 1.807) is 18.0 Å². The van der Waals surface area contributed by atoms with Crippen LogP contribution in [0.25, 0.3) is 0 Å². The predicted molar refractivity (Wildman–Crippen MR) is 54.7 cm³/mol. The first kappa shape index (κ1) is 10.5. The van der Waals surface area contributed by atoms with Gasteiger partial charge in [-0.3, -0.25) is 0 Å². The van der Waals surface area contributed by atoms with E-state index in [-0.39, 0.29) is 6.61 Å². The molecule has 0 atom stereocenters. The zero-order valence-corrected chi connectivity index (χ0v) is 8.47. The van der Waals surface area contributed by atoms with Crippen molar-refractivity contribution in [1.29, 1.82) is 0 Å². The molecule has 4 heteroatoms. The highest BCUT2D eigenvalue weighted by atomic mass is 32.2. The Morgan fingerprint density at radius 2 is 2.38 bits per heavy atom. The quantitative estimate of drug-likeness (QED) is 0.707. The summed E-state index contributed by atoms with van der Waals surface area (Å²) in [5.74, 6) is 0.690. The number of hydrogen-bond acceptors (Lipinski definition) is 4. The summed E-state index contributed by atoms with van der Waals surface area (Å²) in [6, 6.07) is 2.03. The summed E-state index contributed by atoms with van der Waals surface area (Å²) >= 11 is 1.56. The van der Waals surface area contributed by atoms with Crippen molar-refractivity contribution in [3.8, 4) is 0 Å². The first-order valence-electron chi connectivity index (χ1n) is 4.17. The van der Waals surface area contributed by atoms with E-state index in [0.29, 0.717) is 12.3 Å². The molecule has 0 unspecified atom stereocenters. The van der Waals surface area contributed by atoms with Gasteiger partial charge in [0.15, 0.2) is 0 Å². The van der Waals surface area contributed by atoms with Crippen LogP contribution in [0.4, 0.5) is 0 Å². The van der Waals surface area contributed by atoms with Crippen molar-refractivity contribution in [2.24, 2.45) is 5.73 Å². The summed E-state index contributed by atoms with van der Waals surface area (Å²) in [6.45, 7) is 2.72. The molecule has 0 spiro atoms. The van der Waals surface area contributed by atoms with Crippen LogP contribution in [0.5, 0.6) is 0 Å². The van der Waals surface area contributed by atoms with Gasteiger partial charge in [-0.2, -0.15) is 0 Å². The molecule has 0 aromatic carbocycles. The Hall–Kier alpha value is -0.580. The Balaban J connectivity index is 2.73. The van der Waals surface area contributed by atoms with Gasteiger partial charge in [0.05, 0.1) is 11.6 Å². The van der Waals surface area contributed by atoms with Crippen molar-refractivity contribution >= 4 is 11.8 Å². The Morgan fingerprint density at radius 3 is 2.92 bits per heavy atom. The summed E-state index contributed by atoms with van der Waals surface area (Å²) in [6.07, 6.45) is 1.78. The maximum Gasteiger partial charge on any atom is 0.0990 e. The number of thioether (sulfide) groups is 1. The Bertz CT molecular complexity index is 278. The molecule has 1 aromatic rings. The smallest absolute Gasteiger partial charge is 0.0990 e. The fraction of sp³-hybridized carbons (Fsp3) is 0.444. The number of pyridine rings is 1. The van der Waals surface area contributed by atoms with Crippen molar-refractivity contribution in [3.05, 3.63) is 23.4 Å². The van der Waals surface area contributed by atoms with Gasteiger partial charge < -0.3 is 10.8 Å². The van der Waals surface area contributed by atoms with Gasteiger partial charge in [-0.15, -0.1) is 11.8 Å². The largest absolute Gasteiger partial charge is 0.396 e. The third-order valence-electron chi connectivity index (χ3n) is 1.65. The van der Waals surface area contributed by atoms with Crippen molar-refractivity contribution in [3.63, 3.8) is 0 Å². The van der Waals surface area contributed by atoms with Crippen LogP contribution in [0.2, 0.25) is 0 Å². The second-order valence-corrected chi connectivity index (χ2v) is 3.83. The highest BCUT2D eigenvalue weighted by molar-refractivity contribution is 7.99. The van der Waals surface area contributed by atoms with Gasteiger partial charge >= 0.3 is 0 Å². The SMILES string of the molecule is Cc1cc(CN)cnc1SCCO. The van der Waals surface area contributed by atoms with E-state index in [2.05, 4.69) is 4.98 Å². The van der Waals surface area contributed by atoms with E-state index >= 15 is 0 Å². The summed E-state index contributed by atoms with van der Waals surface area (Å²) in [5.41, 5.74) is 7.66. The van der Waals surface area contributed by atoms with E-state index in [1.807, 2.05) is 13.0 Å². The van der Waals surface area contributed by atoms with Crippen molar-refractivity contribution in [1.82, 2.24) is 4.98 Å². The lowest BCUT2D eigenvalue weighted by Gasteiger charge is -2.04. The monoisotopic (exact) mass is 198 g/mol. The van der Waals surface area contributed by atoms with E-state index < -0.39 is 0 Å². The van der Waals surface area contributed by atoms with Crippen LogP contribution < -0.4 is 5.73 Å². The second kappa shape index (κ2) is 5.21. The van der Waals surface area contributed by atoms with Crippen LogP contribution in [0.15, 0.2) is 17.3 Å². The van der Waals surface area contributed by atoms with Crippen LogP contribution in [-0.4, -0.2) is 22.5 Å². The third kappa shape index (κ3) is 2.99. The maximum atomic E-state index is 8.65. The number of rotatable bonds is 4. The lowest BCUT2D eigenvalue weighted by molar-refractivity contribution is 0.322. The molecule has 0 saturated carbocycles. The minimum absolute atomic E-state index is 0.185. The average molecular weight is 198 g/mol. The van der Waals surface area contributed by atoms with E-state index in [4.69, 9.17) is 10.8 Å². The fourth-order valence-electron chi connectivity index (χ4n) is 1.03. The molecule has 0 aliphatic carbocycles. The highest BCUT2D eigenvalue weighted by Crippen LogP contribution is 2.19. The second-order valence-electron chi connectivity index (χ2n) is 2.74. The molecule has 1 rings (SSSR count). The molecule has 0 bridgehead atoms. The van der Waals surface area contributed by atoms with Gasteiger partial charge in [-0.1, -0.05) is 6.07 Å². The molecule has 1 heterocycles. The van der Waals surface area contributed by atoms with Crippen LogP contribution in [0, 0.1) is 6.92 Å². The summed E-state index contributed by atoms with van der Waals surface area (Å²) in [4.78, 5) is 4.26. The van der Waals surface area contributed by atoms with Crippen molar-refractivity contribution < 1.29 is 5.11 Å². The van der Waals surface area contributed by atoms with Gasteiger partial charge in [0.2, 0.25) is 0 Å². The first-order valence-corrected chi connectivity index (χ1v) is 5.15. The summed E-state index contributed by atoms with van der Waals surface area (Å²) in [5, 5.41) is 9.63. The van der Waals surface area contributed by atoms with Crippen molar-refractivity contribution in [2.45, 2.75) is 18.5 Å². The minimum atomic E-state index is 0.185. The maximum absolute atomic E-state index is 8.65. The molecular weight excluding hydrogens is 184 g/mol. The molecule has 72 valence electrons. The molecular formula is C9H14N2OS. The third-order valence-corrected chi connectivity index (χ3v) is 2.74. The van der Waals surface area contributed by atoms with E-state index in [9.17, 15) is 0 Å². The topological polar surface area (TPSA) is 59.1 Å². The number of aliphatic hydroxyl groups excluding tert-OH is 1. The summed E-state index contributed by atoms with van der Waals surface area (Å²) < 4.78 is 0. The zero-order chi connectivity index (χ0) is 9.68. The predicted octanol–water partition coefficient (Wildman–Crippen LogP) is 0.933. The molecule has 0 saturated heterocycles. The van der Waals surface area contributed by atoms with Crippen LogP contribution >= 0.6 is 11.8 Å². The van der Waals surface area contributed by atoms with Crippen molar-refractivity contribution in [2.75, 3.05) is 12.4 Å². The number of aryl methyl sites for hydroxylation is 1. The van der Waals surface area contributed by atoms with Crippen LogP contribution in [-0.2, 0) is 6.54 Å². The molecule has 13 heavy (non-hydrogen) atoms. The molecule has 0 aliphatic rings. The highest BCUT2D eigenvalue weighted by Gasteiger charge is 2.00. The number of aliphatic hydroxyl groups is 1. The van der Waals surface area contributed by atoms with E-state index in [0.717, 1.165) is 16.2 Å². The fourth-order valence-corrected chi connectivity index (χ4v) is 1.72. The average Bonchev–Trinajstić information content (AvgIpc) is 2.16. The van der Waals surface area contributed by atoms with Gasteiger partial charge in [-0.25, -0.2) is 4.98 Å².